The molecule has 0 aliphatic heterocycles. The number of aryl methyl sites for hydroxylation is 1. The second-order valence-electron chi connectivity index (χ2n) is 2.52. The summed E-state index contributed by atoms with van der Waals surface area (Å²) in [6, 6.07) is 2.09. The molecule has 0 aliphatic carbocycles. The normalized spacial score (nSPS) is 10.5. The molecular formula is C8H8F3NO. The van der Waals surface area contributed by atoms with Gasteiger partial charge >= 0.3 is 6.61 Å². The van der Waals surface area contributed by atoms with E-state index in [1.54, 1.807) is 0 Å². The molecule has 0 bridgehead atoms. The van der Waals surface area contributed by atoms with Crippen molar-refractivity contribution in [2.75, 3.05) is 5.73 Å². The van der Waals surface area contributed by atoms with Crippen LogP contribution in [0.1, 0.15) is 5.56 Å². The fraction of sp³-hybridized carbons (Fsp3) is 0.250. The quantitative estimate of drug-likeness (QED) is 0.728. The van der Waals surface area contributed by atoms with Crippen LogP contribution >= 0.6 is 0 Å². The topological polar surface area (TPSA) is 35.2 Å². The molecule has 0 atom stereocenters. The van der Waals surface area contributed by atoms with E-state index in [9.17, 15) is 13.2 Å². The monoisotopic (exact) mass is 191 g/mol. The third-order valence-electron chi connectivity index (χ3n) is 1.51. The van der Waals surface area contributed by atoms with Crippen LogP contribution in [0.5, 0.6) is 5.75 Å². The van der Waals surface area contributed by atoms with Crippen LogP contribution in [0.15, 0.2) is 12.1 Å². The Morgan fingerprint density at radius 2 is 2.00 bits per heavy atom. The van der Waals surface area contributed by atoms with Crippen molar-refractivity contribution in [3.05, 3.63) is 23.5 Å². The highest BCUT2D eigenvalue weighted by Crippen LogP contribution is 2.24. The molecule has 13 heavy (non-hydrogen) atoms. The highest BCUT2D eigenvalue weighted by atomic mass is 19.3. The Kier molecular flexibility index (Phi) is 2.65. The summed E-state index contributed by atoms with van der Waals surface area (Å²) in [6.45, 7) is -1.45. The minimum absolute atomic E-state index is 0.0842. The molecule has 0 saturated carbocycles. The van der Waals surface area contributed by atoms with Gasteiger partial charge in [-0.2, -0.15) is 8.78 Å². The van der Waals surface area contributed by atoms with E-state index < -0.39 is 12.4 Å². The molecule has 1 aromatic carbocycles. The van der Waals surface area contributed by atoms with E-state index in [0.29, 0.717) is 5.56 Å². The second kappa shape index (κ2) is 3.55. The number of benzene rings is 1. The molecule has 0 saturated heterocycles. The molecule has 0 spiro atoms. The third-order valence-corrected chi connectivity index (χ3v) is 1.51. The fourth-order valence-corrected chi connectivity index (χ4v) is 0.909. The first-order valence-corrected chi connectivity index (χ1v) is 3.51. The maximum Gasteiger partial charge on any atom is 0.387 e. The largest absolute Gasteiger partial charge is 0.434 e. The maximum atomic E-state index is 12.8. The van der Waals surface area contributed by atoms with Crippen molar-refractivity contribution < 1.29 is 17.9 Å². The Labute approximate surface area is 73.1 Å². The highest BCUT2D eigenvalue weighted by molar-refractivity contribution is 5.48. The van der Waals surface area contributed by atoms with Crippen molar-refractivity contribution in [1.82, 2.24) is 0 Å². The van der Waals surface area contributed by atoms with E-state index in [-0.39, 0.29) is 11.4 Å². The van der Waals surface area contributed by atoms with E-state index in [1.807, 2.05) is 0 Å². The zero-order chi connectivity index (χ0) is 10.0. The number of alkyl halides is 2. The lowest BCUT2D eigenvalue weighted by Gasteiger charge is -2.08. The maximum absolute atomic E-state index is 12.8. The van der Waals surface area contributed by atoms with Gasteiger partial charge in [0.25, 0.3) is 0 Å². The second-order valence-corrected chi connectivity index (χ2v) is 2.52. The van der Waals surface area contributed by atoms with Crippen LogP contribution < -0.4 is 10.5 Å². The molecular weight excluding hydrogens is 183 g/mol. The Morgan fingerprint density at radius 3 is 2.54 bits per heavy atom. The van der Waals surface area contributed by atoms with E-state index in [1.165, 1.54) is 13.0 Å². The SMILES string of the molecule is Cc1cc(N)c(F)cc1OC(F)F. The Hall–Kier alpha value is -1.39. The summed E-state index contributed by atoms with van der Waals surface area (Å²) in [5.41, 5.74) is 5.49. The van der Waals surface area contributed by atoms with Gasteiger partial charge in [-0.25, -0.2) is 4.39 Å². The summed E-state index contributed by atoms with van der Waals surface area (Å²) in [7, 11) is 0. The molecule has 1 rings (SSSR count). The number of nitrogens with two attached hydrogens (primary N) is 1. The lowest BCUT2D eigenvalue weighted by atomic mass is 10.2. The predicted molar refractivity (Wildman–Crippen MR) is 42.2 cm³/mol. The van der Waals surface area contributed by atoms with Crippen molar-refractivity contribution in [3.8, 4) is 5.75 Å². The number of nitrogen functional groups attached to an aromatic ring is 1. The van der Waals surface area contributed by atoms with Gasteiger partial charge in [0.05, 0.1) is 5.69 Å². The van der Waals surface area contributed by atoms with Gasteiger partial charge in [0, 0.05) is 6.07 Å². The number of hydrogen-bond donors (Lipinski definition) is 1. The molecule has 0 heterocycles. The van der Waals surface area contributed by atoms with Gasteiger partial charge in [-0.3, -0.25) is 0 Å². The lowest BCUT2D eigenvalue weighted by molar-refractivity contribution is -0.0504. The van der Waals surface area contributed by atoms with Crippen LogP contribution in [-0.4, -0.2) is 6.61 Å². The number of ether oxygens (including phenoxy) is 1. The van der Waals surface area contributed by atoms with Crippen LogP contribution in [0.2, 0.25) is 0 Å². The van der Waals surface area contributed by atoms with Crippen LogP contribution in [0.25, 0.3) is 0 Å². The zero-order valence-corrected chi connectivity index (χ0v) is 6.85. The van der Waals surface area contributed by atoms with Crippen LogP contribution in [0.4, 0.5) is 18.9 Å². The number of rotatable bonds is 2. The molecule has 1 aromatic rings. The highest BCUT2D eigenvalue weighted by Gasteiger charge is 2.10. The average molecular weight is 191 g/mol. The number of hydrogen-bond acceptors (Lipinski definition) is 2. The van der Waals surface area contributed by atoms with Crippen molar-refractivity contribution >= 4 is 5.69 Å². The minimum atomic E-state index is -2.96. The van der Waals surface area contributed by atoms with Gasteiger partial charge in [0.15, 0.2) is 0 Å². The van der Waals surface area contributed by atoms with Crippen molar-refractivity contribution in [1.29, 1.82) is 0 Å². The molecule has 5 heteroatoms. The molecule has 0 fully saturated rings. The summed E-state index contributed by atoms with van der Waals surface area (Å²) in [4.78, 5) is 0. The molecule has 0 amide bonds. The van der Waals surface area contributed by atoms with Crippen molar-refractivity contribution in [2.24, 2.45) is 0 Å². The van der Waals surface area contributed by atoms with Crippen LogP contribution in [-0.2, 0) is 0 Å². The molecule has 0 aliphatic rings. The molecule has 2 nitrogen and oxygen atoms in total. The zero-order valence-electron chi connectivity index (χ0n) is 6.85. The average Bonchev–Trinajstić information content (AvgIpc) is 1.99. The standard InChI is InChI=1S/C8H8F3NO/c1-4-2-6(12)5(9)3-7(4)13-8(10)11/h2-3,8H,12H2,1H3. The summed E-state index contributed by atoms with van der Waals surface area (Å²) < 4.78 is 40.3. The van der Waals surface area contributed by atoms with Gasteiger partial charge < -0.3 is 10.5 Å². The van der Waals surface area contributed by atoms with Crippen LogP contribution in [0, 0.1) is 12.7 Å². The summed E-state index contributed by atoms with van der Waals surface area (Å²) in [5, 5.41) is 0. The Morgan fingerprint density at radius 1 is 1.38 bits per heavy atom. The fourth-order valence-electron chi connectivity index (χ4n) is 0.909. The molecule has 0 aromatic heterocycles. The first-order chi connectivity index (χ1) is 6.00. The predicted octanol–water partition coefficient (Wildman–Crippen LogP) is 2.32. The summed E-state index contributed by atoms with van der Waals surface area (Å²) >= 11 is 0. The third kappa shape index (κ3) is 2.27. The van der Waals surface area contributed by atoms with E-state index in [4.69, 9.17) is 5.73 Å². The van der Waals surface area contributed by atoms with E-state index in [0.717, 1.165) is 6.07 Å². The first kappa shape index (κ1) is 9.70. The van der Waals surface area contributed by atoms with Gasteiger partial charge in [-0.1, -0.05) is 0 Å². The van der Waals surface area contributed by atoms with Gasteiger partial charge in [0.2, 0.25) is 0 Å². The molecule has 72 valence electrons. The van der Waals surface area contributed by atoms with Gasteiger partial charge in [0.1, 0.15) is 11.6 Å². The molecule has 2 N–H and O–H groups in total. The van der Waals surface area contributed by atoms with Crippen molar-refractivity contribution in [3.63, 3.8) is 0 Å². The smallest absolute Gasteiger partial charge is 0.387 e. The number of halogens is 3. The minimum Gasteiger partial charge on any atom is -0.434 e. The number of anilines is 1. The van der Waals surface area contributed by atoms with E-state index >= 15 is 0 Å². The van der Waals surface area contributed by atoms with Crippen molar-refractivity contribution in [2.45, 2.75) is 13.5 Å². The van der Waals surface area contributed by atoms with Gasteiger partial charge in [-0.15, -0.1) is 0 Å². The first-order valence-electron chi connectivity index (χ1n) is 3.51. The van der Waals surface area contributed by atoms with E-state index in [2.05, 4.69) is 4.74 Å². The Balaban J connectivity index is 3.01. The summed E-state index contributed by atoms with van der Waals surface area (Å²) in [5.74, 6) is -0.956. The lowest BCUT2D eigenvalue weighted by Crippen LogP contribution is -2.04. The summed E-state index contributed by atoms with van der Waals surface area (Å²) in [6.07, 6.45) is 0. The Bertz CT molecular complexity index is 315. The van der Waals surface area contributed by atoms with Gasteiger partial charge in [-0.05, 0) is 18.6 Å². The van der Waals surface area contributed by atoms with Crippen LogP contribution in [0.3, 0.4) is 0 Å². The molecule has 0 radical (unpaired) electrons. The molecule has 0 unspecified atom stereocenters.